The highest BCUT2D eigenvalue weighted by Gasteiger charge is 2.63. The highest BCUT2D eigenvalue weighted by molar-refractivity contribution is 5.85. The van der Waals surface area contributed by atoms with E-state index in [-0.39, 0.29) is 41.2 Å². The molecule has 5 nitrogen and oxygen atoms in total. The zero-order valence-corrected chi connectivity index (χ0v) is 17.5. The van der Waals surface area contributed by atoms with Crippen LogP contribution in [0.4, 0.5) is 0 Å². The second kappa shape index (κ2) is 7.09. The van der Waals surface area contributed by atoms with E-state index in [9.17, 15) is 19.8 Å². The number of carbonyl (C=O) groups excluding carboxylic acids is 2. The van der Waals surface area contributed by atoms with E-state index in [2.05, 4.69) is 13.8 Å². The molecule has 0 spiro atoms. The monoisotopic (exact) mass is 392 g/mol. The largest absolute Gasteiger partial charge is 0.458 e. The van der Waals surface area contributed by atoms with Crippen LogP contribution < -0.4 is 0 Å². The first-order valence-corrected chi connectivity index (χ1v) is 11.2. The summed E-state index contributed by atoms with van der Waals surface area (Å²) in [5.41, 5.74) is -0.0993. The van der Waals surface area contributed by atoms with Gasteiger partial charge in [-0.1, -0.05) is 13.8 Å². The number of Topliss-reactive ketones (excluding diaryl/α,β-unsaturated/α-hetero) is 1. The van der Waals surface area contributed by atoms with Crippen LogP contribution in [-0.2, 0) is 14.3 Å². The number of carbonyl (C=O) groups is 2. The standard InChI is InChI=1S/C23H36O5/c1-13(24)28-12-20(27)18-7-6-17-16-5-4-14-10-15(25)8-9-22(14,2)21(16)19(26)11-23(17,18)3/h14-19,21,25-26H,4-12H2,1-3H3/t14-,15+,16-,17-,18+,19-,21-,22-,23-/m0/s1. The highest BCUT2D eigenvalue weighted by Crippen LogP contribution is 2.67. The maximum Gasteiger partial charge on any atom is 0.303 e. The highest BCUT2D eigenvalue weighted by atomic mass is 16.5. The third-order valence-electron chi connectivity index (χ3n) is 9.37. The van der Waals surface area contributed by atoms with E-state index in [4.69, 9.17) is 4.74 Å². The molecule has 5 heteroatoms. The average molecular weight is 393 g/mol. The Kier molecular flexibility index (Phi) is 5.15. The van der Waals surface area contributed by atoms with Gasteiger partial charge in [0.05, 0.1) is 12.2 Å². The van der Waals surface area contributed by atoms with E-state index >= 15 is 0 Å². The molecule has 0 saturated heterocycles. The Labute approximate surface area is 168 Å². The van der Waals surface area contributed by atoms with Crippen molar-refractivity contribution in [1.29, 1.82) is 0 Å². The lowest BCUT2D eigenvalue weighted by Crippen LogP contribution is -2.59. The third-order valence-corrected chi connectivity index (χ3v) is 9.37. The van der Waals surface area contributed by atoms with Crippen molar-refractivity contribution in [3.05, 3.63) is 0 Å². The van der Waals surface area contributed by atoms with Gasteiger partial charge in [0.25, 0.3) is 0 Å². The predicted octanol–water partition coefficient (Wildman–Crippen LogP) is 3.11. The number of hydrogen-bond donors (Lipinski definition) is 2. The fourth-order valence-corrected chi connectivity index (χ4v) is 8.16. The maximum absolute atomic E-state index is 12.8. The van der Waals surface area contributed by atoms with E-state index in [0.29, 0.717) is 24.2 Å². The lowest BCUT2D eigenvalue weighted by molar-refractivity contribution is -0.179. The molecular formula is C23H36O5. The van der Waals surface area contributed by atoms with E-state index < -0.39 is 12.1 Å². The fraction of sp³-hybridized carbons (Fsp3) is 0.913. The Bertz CT molecular complexity index is 647. The first-order chi connectivity index (χ1) is 13.2. The number of fused-ring (bicyclic) bond motifs is 5. The molecule has 4 saturated carbocycles. The third kappa shape index (κ3) is 3.04. The second-order valence-electron chi connectivity index (χ2n) is 10.7. The number of rotatable bonds is 3. The van der Waals surface area contributed by atoms with Crippen molar-refractivity contribution in [3.8, 4) is 0 Å². The summed E-state index contributed by atoms with van der Waals surface area (Å²) in [4.78, 5) is 23.9. The number of aliphatic hydroxyl groups is 2. The minimum atomic E-state index is -0.414. The van der Waals surface area contributed by atoms with Crippen molar-refractivity contribution in [3.63, 3.8) is 0 Å². The summed E-state index contributed by atoms with van der Waals surface area (Å²) in [6, 6.07) is 0. The van der Waals surface area contributed by atoms with Crippen LogP contribution in [0.3, 0.4) is 0 Å². The van der Waals surface area contributed by atoms with Gasteiger partial charge in [-0.15, -0.1) is 0 Å². The van der Waals surface area contributed by atoms with E-state index in [1.807, 2.05) is 0 Å². The zero-order valence-electron chi connectivity index (χ0n) is 17.5. The molecule has 0 bridgehead atoms. The summed E-state index contributed by atoms with van der Waals surface area (Å²) in [5.74, 6) is 1.17. The van der Waals surface area contributed by atoms with E-state index in [1.165, 1.54) is 6.92 Å². The number of ketones is 1. The van der Waals surface area contributed by atoms with Gasteiger partial charge in [0, 0.05) is 12.8 Å². The van der Waals surface area contributed by atoms with Crippen molar-refractivity contribution >= 4 is 11.8 Å². The molecule has 0 unspecified atom stereocenters. The molecule has 4 fully saturated rings. The molecule has 0 aliphatic heterocycles. The molecule has 4 aliphatic rings. The van der Waals surface area contributed by atoms with Crippen LogP contribution in [0.25, 0.3) is 0 Å². The normalized spacial score (nSPS) is 50.2. The minimum absolute atomic E-state index is 0.0199. The van der Waals surface area contributed by atoms with Crippen molar-refractivity contribution in [2.75, 3.05) is 6.61 Å². The van der Waals surface area contributed by atoms with Crippen molar-refractivity contribution in [2.45, 2.75) is 84.3 Å². The van der Waals surface area contributed by atoms with Crippen LogP contribution >= 0.6 is 0 Å². The van der Waals surface area contributed by atoms with Crippen molar-refractivity contribution in [1.82, 2.24) is 0 Å². The van der Waals surface area contributed by atoms with Crippen LogP contribution in [0, 0.1) is 40.4 Å². The molecule has 0 heterocycles. The molecule has 28 heavy (non-hydrogen) atoms. The molecule has 2 N–H and O–H groups in total. The van der Waals surface area contributed by atoms with Crippen LogP contribution in [0.5, 0.6) is 0 Å². The maximum atomic E-state index is 12.8. The Morgan fingerprint density at radius 3 is 2.50 bits per heavy atom. The Morgan fingerprint density at radius 2 is 1.79 bits per heavy atom. The molecule has 158 valence electrons. The molecule has 0 aromatic carbocycles. The number of hydrogen-bond acceptors (Lipinski definition) is 5. The first kappa shape index (κ1) is 20.3. The summed E-state index contributed by atoms with van der Waals surface area (Å²) >= 11 is 0. The topological polar surface area (TPSA) is 83.8 Å². The lowest BCUT2D eigenvalue weighted by atomic mass is 9.44. The van der Waals surface area contributed by atoms with Crippen LogP contribution in [0.2, 0.25) is 0 Å². The van der Waals surface area contributed by atoms with Gasteiger partial charge in [-0.2, -0.15) is 0 Å². The van der Waals surface area contributed by atoms with E-state index in [1.54, 1.807) is 0 Å². The first-order valence-electron chi connectivity index (χ1n) is 11.2. The van der Waals surface area contributed by atoms with Crippen molar-refractivity contribution < 1.29 is 24.5 Å². The second-order valence-corrected chi connectivity index (χ2v) is 10.7. The summed E-state index contributed by atoms with van der Waals surface area (Å²) in [6.45, 7) is 5.75. The van der Waals surface area contributed by atoms with Gasteiger partial charge in [0.15, 0.2) is 5.78 Å². The SMILES string of the molecule is CC(=O)OCC(=O)[C@H]1CC[C@H]2[C@@H]3CC[C@H]4C[C@H](O)CC[C@]4(C)[C@@H]3[C@@H](O)C[C@]12C. The van der Waals surface area contributed by atoms with Gasteiger partial charge in [-0.3, -0.25) is 9.59 Å². The van der Waals surface area contributed by atoms with Crippen LogP contribution in [0.15, 0.2) is 0 Å². The Balaban J connectivity index is 1.57. The van der Waals surface area contributed by atoms with Gasteiger partial charge in [0.1, 0.15) is 6.61 Å². The molecule has 0 radical (unpaired) electrons. The van der Waals surface area contributed by atoms with Crippen molar-refractivity contribution in [2.24, 2.45) is 40.4 Å². The molecule has 0 aromatic heterocycles. The lowest BCUT2D eigenvalue weighted by Gasteiger charge is -2.62. The number of aliphatic hydroxyl groups excluding tert-OH is 2. The van der Waals surface area contributed by atoms with Crippen LogP contribution in [-0.4, -0.2) is 40.8 Å². The fourth-order valence-electron chi connectivity index (χ4n) is 8.16. The summed E-state index contributed by atoms with van der Waals surface area (Å²) in [5, 5.41) is 21.5. The van der Waals surface area contributed by atoms with Gasteiger partial charge >= 0.3 is 5.97 Å². The number of ether oxygens (including phenoxy) is 1. The smallest absolute Gasteiger partial charge is 0.303 e. The quantitative estimate of drug-likeness (QED) is 0.721. The molecule has 4 rings (SSSR count). The van der Waals surface area contributed by atoms with E-state index in [0.717, 1.165) is 44.9 Å². The Hall–Kier alpha value is -0.940. The molecule has 4 aliphatic carbocycles. The van der Waals surface area contributed by atoms with Crippen LogP contribution in [0.1, 0.15) is 72.1 Å². The molecular weight excluding hydrogens is 356 g/mol. The Morgan fingerprint density at radius 1 is 1.04 bits per heavy atom. The summed E-state index contributed by atoms with van der Waals surface area (Å²) < 4.78 is 5.00. The van der Waals surface area contributed by atoms with Gasteiger partial charge in [-0.05, 0) is 85.9 Å². The molecule has 0 aromatic rings. The minimum Gasteiger partial charge on any atom is -0.458 e. The zero-order chi connectivity index (χ0) is 20.3. The summed E-state index contributed by atoms with van der Waals surface area (Å²) in [6.07, 6.45) is 6.90. The predicted molar refractivity (Wildman–Crippen MR) is 104 cm³/mol. The molecule has 0 amide bonds. The van der Waals surface area contributed by atoms with Gasteiger partial charge in [-0.25, -0.2) is 0 Å². The summed E-state index contributed by atoms with van der Waals surface area (Å²) in [7, 11) is 0. The average Bonchev–Trinajstić information content (AvgIpc) is 2.96. The number of esters is 1. The van der Waals surface area contributed by atoms with Gasteiger partial charge < -0.3 is 14.9 Å². The van der Waals surface area contributed by atoms with Gasteiger partial charge in [0.2, 0.25) is 0 Å². The molecule has 9 atom stereocenters.